The van der Waals surface area contributed by atoms with Gasteiger partial charge in [-0.2, -0.15) is 0 Å². The highest BCUT2D eigenvalue weighted by Crippen LogP contribution is 2.38. The van der Waals surface area contributed by atoms with Gasteiger partial charge >= 0.3 is 5.97 Å². The molecule has 31 heavy (non-hydrogen) atoms. The van der Waals surface area contributed by atoms with Gasteiger partial charge in [0.1, 0.15) is 30.1 Å². The Bertz CT molecular complexity index is 933. The summed E-state index contributed by atoms with van der Waals surface area (Å²) in [6.45, 7) is 4.09. The van der Waals surface area contributed by atoms with Gasteiger partial charge in [-0.05, 0) is 32.3 Å². The van der Waals surface area contributed by atoms with E-state index in [-0.39, 0.29) is 18.8 Å². The van der Waals surface area contributed by atoms with Crippen LogP contribution in [0, 0.1) is 19.3 Å². The third kappa shape index (κ3) is 5.76. The van der Waals surface area contributed by atoms with Gasteiger partial charge in [-0.25, -0.2) is 9.97 Å². The van der Waals surface area contributed by atoms with E-state index in [0.29, 0.717) is 30.9 Å². The fourth-order valence-electron chi connectivity index (χ4n) is 4.08. The fraction of sp³-hybridized carbons (Fsp3) is 0.625. The number of carbonyl (C=O) groups is 1. The summed E-state index contributed by atoms with van der Waals surface area (Å²) in [4.78, 5) is 20.9. The fourth-order valence-corrected chi connectivity index (χ4v) is 4.08. The highest BCUT2D eigenvalue weighted by Gasteiger charge is 2.41. The van der Waals surface area contributed by atoms with Crippen LogP contribution in [-0.2, 0) is 14.3 Å². The number of esters is 1. The van der Waals surface area contributed by atoms with Crippen LogP contribution in [0.1, 0.15) is 83.2 Å². The van der Waals surface area contributed by atoms with E-state index in [4.69, 9.17) is 21.6 Å². The van der Waals surface area contributed by atoms with Gasteiger partial charge in [0.15, 0.2) is 5.60 Å². The highest BCUT2D eigenvalue weighted by molar-refractivity contribution is 5.86. The molecule has 1 saturated heterocycles. The topological polar surface area (TPSA) is 92.3 Å². The van der Waals surface area contributed by atoms with Crippen LogP contribution >= 0.6 is 0 Å². The number of ether oxygens (including phenoxy) is 2. The first-order valence-corrected chi connectivity index (χ1v) is 11.4. The summed E-state index contributed by atoms with van der Waals surface area (Å²) in [7, 11) is 0. The number of terminal acetylenes is 1. The third-order valence-electron chi connectivity index (χ3n) is 5.89. The summed E-state index contributed by atoms with van der Waals surface area (Å²) in [6.07, 6.45) is 17.3. The van der Waals surface area contributed by atoms with Gasteiger partial charge in [-0.3, -0.25) is 4.79 Å². The second kappa shape index (κ2) is 10.6. The van der Waals surface area contributed by atoms with Crippen molar-refractivity contribution in [3.05, 3.63) is 18.1 Å². The molecular weight excluding hydrogens is 392 g/mol. The van der Waals surface area contributed by atoms with Crippen molar-refractivity contribution in [3.63, 3.8) is 0 Å². The number of hydrogen-bond acceptors (Lipinski definition) is 6. The smallest absolute Gasteiger partial charge is 0.305 e. The zero-order valence-electron chi connectivity index (χ0n) is 18.7. The Kier molecular flexibility index (Phi) is 7.91. The molecule has 2 atom stereocenters. The minimum Gasteiger partial charge on any atom is -0.462 e. The zero-order chi connectivity index (χ0) is 22.3. The first-order chi connectivity index (χ1) is 15.0. The van der Waals surface area contributed by atoms with Crippen LogP contribution in [0.2, 0.25) is 0 Å². The second-order valence-electron chi connectivity index (χ2n) is 8.40. The number of hydrogen-bond donors (Lipinski definition) is 1. The molecule has 0 spiro atoms. The Morgan fingerprint density at radius 1 is 1.32 bits per heavy atom. The lowest BCUT2D eigenvalue weighted by Gasteiger charge is -2.24. The van der Waals surface area contributed by atoms with E-state index >= 15 is 0 Å². The number of aromatic nitrogens is 3. The molecule has 1 fully saturated rings. The molecule has 7 heteroatoms. The van der Waals surface area contributed by atoms with Crippen LogP contribution in [-0.4, -0.2) is 32.7 Å². The van der Waals surface area contributed by atoms with Crippen molar-refractivity contribution in [1.29, 1.82) is 0 Å². The second-order valence-corrected chi connectivity index (χ2v) is 8.40. The Morgan fingerprint density at radius 2 is 2.06 bits per heavy atom. The zero-order valence-corrected chi connectivity index (χ0v) is 18.7. The van der Waals surface area contributed by atoms with Crippen LogP contribution in [0.4, 0.5) is 5.82 Å². The van der Waals surface area contributed by atoms with E-state index in [1.807, 2.05) is 16.8 Å². The number of rotatable bonds is 11. The molecule has 0 bridgehead atoms. The molecule has 7 nitrogen and oxygen atoms in total. The van der Waals surface area contributed by atoms with Gasteiger partial charge in [0.25, 0.3) is 0 Å². The average molecular weight is 427 g/mol. The van der Waals surface area contributed by atoms with Crippen molar-refractivity contribution in [2.24, 2.45) is 0 Å². The molecule has 3 rings (SSSR count). The Balaban J connectivity index is 1.50. The normalized spacial score (nSPS) is 20.7. The molecule has 0 aliphatic carbocycles. The summed E-state index contributed by atoms with van der Waals surface area (Å²) in [5.41, 5.74) is 5.82. The number of unbranched alkanes of at least 4 members (excludes halogenated alkanes) is 6. The lowest BCUT2D eigenvalue weighted by Crippen LogP contribution is -2.34. The molecule has 1 aliphatic heterocycles. The quantitative estimate of drug-likeness (QED) is 0.318. The molecule has 0 radical (unpaired) electrons. The van der Waals surface area contributed by atoms with E-state index in [0.717, 1.165) is 23.9 Å². The van der Waals surface area contributed by atoms with Gasteiger partial charge in [0.05, 0.1) is 5.39 Å². The van der Waals surface area contributed by atoms with Crippen molar-refractivity contribution >= 4 is 22.8 Å². The van der Waals surface area contributed by atoms with Crippen LogP contribution in [0.3, 0.4) is 0 Å². The van der Waals surface area contributed by atoms with Crippen LogP contribution < -0.4 is 5.73 Å². The summed E-state index contributed by atoms with van der Waals surface area (Å²) >= 11 is 0. The van der Waals surface area contributed by atoms with Crippen LogP contribution in [0.15, 0.2) is 12.3 Å². The standard InChI is InChI=1S/C24H34N4O3/c1-4-6-7-8-9-10-11-12-21(29)30-17-24(5-2)15-13-20(31-24)28-16-14-19-22(25)26-18(3)27-23(19)28/h2,14,16,20H,4,6-13,15,17H2,1,3H3,(H2,25,26,27). The molecule has 2 aromatic rings. The lowest BCUT2D eigenvalue weighted by atomic mass is 10.0. The van der Waals surface area contributed by atoms with Crippen molar-refractivity contribution in [2.75, 3.05) is 12.3 Å². The molecule has 2 N–H and O–H groups in total. The number of nitrogen functional groups attached to an aromatic ring is 1. The van der Waals surface area contributed by atoms with Crippen molar-refractivity contribution in [3.8, 4) is 12.3 Å². The molecular formula is C24H34N4O3. The van der Waals surface area contributed by atoms with Crippen molar-refractivity contribution in [1.82, 2.24) is 14.5 Å². The minimum atomic E-state index is -0.912. The number of carbonyl (C=O) groups excluding carboxylic acids is 1. The van der Waals surface area contributed by atoms with Gasteiger partial charge in [-0.15, -0.1) is 6.42 Å². The summed E-state index contributed by atoms with van der Waals surface area (Å²) < 4.78 is 13.6. The van der Waals surface area contributed by atoms with Gasteiger partial charge in [-0.1, -0.05) is 51.4 Å². The molecule has 3 heterocycles. The molecule has 168 valence electrons. The number of nitrogens with zero attached hydrogens (tertiary/aromatic N) is 3. The maximum Gasteiger partial charge on any atom is 0.305 e. The highest BCUT2D eigenvalue weighted by atomic mass is 16.6. The molecule has 0 saturated carbocycles. The number of aryl methyl sites for hydroxylation is 1. The monoisotopic (exact) mass is 426 g/mol. The number of anilines is 1. The minimum absolute atomic E-state index is 0.0741. The maximum atomic E-state index is 12.2. The van der Waals surface area contributed by atoms with E-state index in [2.05, 4.69) is 22.8 Å². The summed E-state index contributed by atoms with van der Waals surface area (Å²) in [5, 5.41) is 0.786. The van der Waals surface area contributed by atoms with Crippen LogP contribution in [0.25, 0.3) is 11.0 Å². The van der Waals surface area contributed by atoms with E-state index in [1.54, 1.807) is 6.92 Å². The predicted octanol–water partition coefficient (Wildman–Crippen LogP) is 4.69. The molecule has 1 aliphatic rings. The largest absolute Gasteiger partial charge is 0.462 e. The summed E-state index contributed by atoms with van der Waals surface area (Å²) in [6, 6.07) is 1.88. The first kappa shape index (κ1) is 23.1. The first-order valence-electron chi connectivity index (χ1n) is 11.4. The van der Waals surface area contributed by atoms with E-state index in [1.165, 1.54) is 32.1 Å². The number of fused-ring (bicyclic) bond motifs is 1. The van der Waals surface area contributed by atoms with Gasteiger partial charge in [0.2, 0.25) is 0 Å². The predicted molar refractivity (Wildman–Crippen MR) is 121 cm³/mol. The third-order valence-corrected chi connectivity index (χ3v) is 5.89. The van der Waals surface area contributed by atoms with Gasteiger partial charge < -0.3 is 19.8 Å². The van der Waals surface area contributed by atoms with Crippen molar-refractivity contribution in [2.45, 2.75) is 89.9 Å². The SMILES string of the molecule is C#CC1(COC(=O)CCCCCCCCC)CCC(n2ccc3c(N)nc(C)nc32)O1. The van der Waals surface area contributed by atoms with E-state index < -0.39 is 5.60 Å². The molecule has 2 aromatic heterocycles. The average Bonchev–Trinajstić information content (AvgIpc) is 3.36. The molecule has 2 unspecified atom stereocenters. The number of nitrogens with two attached hydrogens (primary N) is 1. The maximum absolute atomic E-state index is 12.2. The Hall–Kier alpha value is -2.59. The Labute approximate surface area is 184 Å². The Morgan fingerprint density at radius 3 is 2.81 bits per heavy atom. The van der Waals surface area contributed by atoms with E-state index in [9.17, 15) is 4.79 Å². The van der Waals surface area contributed by atoms with Gasteiger partial charge in [0, 0.05) is 12.6 Å². The molecule has 0 amide bonds. The summed E-state index contributed by atoms with van der Waals surface area (Å²) in [5.74, 6) is 3.56. The lowest BCUT2D eigenvalue weighted by molar-refractivity contribution is -0.152. The molecule has 0 aromatic carbocycles. The van der Waals surface area contributed by atoms with Crippen molar-refractivity contribution < 1.29 is 14.3 Å². The van der Waals surface area contributed by atoms with Crippen LogP contribution in [0.5, 0.6) is 0 Å².